The van der Waals surface area contributed by atoms with Crippen molar-refractivity contribution >= 4 is 5.69 Å². The summed E-state index contributed by atoms with van der Waals surface area (Å²) in [5.41, 5.74) is 3.78. The first-order chi connectivity index (χ1) is 8.15. The SMILES string of the molecule is Cc1cccc(C(O)Nc2ccnc(C)c2)c1. The number of rotatable bonds is 3. The normalized spacial score (nSPS) is 12.2. The number of benzene rings is 1. The second-order valence-electron chi connectivity index (χ2n) is 4.15. The molecular formula is C14H16N2O. The molecule has 0 aliphatic heterocycles. The Balaban J connectivity index is 2.14. The van der Waals surface area contributed by atoms with E-state index < -0.39 is 6.23 Å². The molecule has 0 saturated carbocycles. The molecule has 3 heteroatoms. The summed E-state index contributed by atoms with van der Waals surface area (Å²) >= 11 is 0. The first kappa shape index (κ1) is 11.6. The third kappa shape index (κ3) is 3.04. The highest BCUT2D eigenvalue weighted by molar-refractivity contribution is 5.45. The Hall–Kier alpha value is -1.87. The van der Waals surface area contributed by atoms with E-state index in [1.807, 2.05) is 50.2 Å². The van der Waals surface area contributed by atoms with E-state index >= 15 is 0 Å². The van der Waals surface area contributed by atoms with Gasteiger partial charge in [0.1, 0.15) is 0 Å². The van der Waals surface area contributed by atoms with E-state index in [1.54, 1.807) is 6.20 Å². The minimum Gasteiger partial charge on any atom is -0.369 e. The molecule has 88 valence electrons. The summed E-state index contributed by atoms with van der Waals surface area (Å²) in [6, 6.07) is 11.6. The highest BCUT2D eigenvalue weighted by Crippen LogP contribution is 2.18. The van der Waals surface area contributed by atoms with Gasteiger partial charge in [0.25, 0.3) is 0 Å². The molecule has 0 bridgehead atoms. The van der Waals surface area contributed by atoms with E-state index in [9.17, 15) is 5.11 Å². The lowest BCUT2D eigenvalue weighted by atomic mass is 10.1. The maximum Gasteiger partial charge on any atom is 0.150 e. The molecule has 1 unspecified atom stereocenters. The predicted octanol–water partition coefficient (Wildman–Crippen LogP) is 2.80. The second-order valence-corrected chi connectivity index (χ2v) is 4.15. The van der Waals surface area contributed by atoms with Gasteiger partial charge in [-0.05, 0) is 26.0 Å². The van der Waals surface area contributed by atoms with Crippen LogP contribution in [-0.4, -0.2) is 10.1 Å². The van der Waals surface area contributed by atoms with E-state index in [4.69, 9.17) is 0 Å². The summed E-state index contributed by atoms with van der Waals surface area (Å²) in [4.78, 5) is 4.11. The number of nitrogens with one attached hydrogen (secondary N) is 1. The Bertz CT molecular complexity index is 511. The monoisotopic (exact) mass is 228 g/mol. The minimum absolute atomic E-state index is 0.698. The average molecular weight is 228 g/mol. The van der Waals surface area contributed by atoms with Gasteiger partial charge in [0.05, 0.1) is 0 Å². The summed E-state index contributed by atoms with van der Waals surface area (Å²) < 4.78 is 0. The van der Waals surface area contributed by atoms with Crippen molar-refractivity contribution < 1.29 is 5.11 Å². The molecule has 0 saturated heterocycles. The zero-order chi connectivity index (χ0) is 12.3. The molecule has 0 aliphatic carbocycles. The van der Waals surface area contributed by atoms with Crippen molar-refractivity contribution in [2.24, 2.45) is 0 Å². The number of aryl methyl sites for hydroxylation is 2. The van der Waals surface area contributed by atoms with Crippen LogP contribution in [0.25, 0.3) is 0 Å². The molecule has 0 spiro atoms. The van der Waals surface area contributed by atoms with Gasteiger partial charge in [0, 0.05) is 23.1 Å². The maximum atomic E-state index is 10.1. The molecule has 2 aromatic rings. The van der Waals surface area contributed by atoms with E-state index in [0.717, 1.165) is 22.5 Å². The first-order valence-corrected chi connectivity index (χ1v) is 5.59. The van der Waals surface area contributed by atoms with E-state index in [0.29, 0.717) is 0 Å². The number of anilines is 1. The fraction of sp³-hybridized carbons (Fsp3) is 0.214. The van der Waals surface area contributed by atoms with Gasteiger partial charge in [-0.3, -0.25) is 4.98 Å². The van der Waals surface area contributed by atoms with Crippen molar-refractivity contribution in [3.05, 3.63) is 59.4 Å². The fourth-order valence-corrected chi connectivity index (χ4v) is 1.72. The Morgan fingerprint density at radius 1 is 1.18 bits per heavy atom. The van der Waals surface area contributed by atoms with E-state index in [2.05, 4.69) is 10.3 Å². The van der Waals surface area contributed by atoms with Crippen molar-refractivity contribution in [3.8, 4) is 0 Å². The van der Waals surface area contributed by atoms with Gasteiger partial charge in [-0.1, -0.05) is 29.8 Å². The Kier molecular flexibility index (Phi) is 3.40. The number of nitrogens with zero attached hydrogens (tertiary/aromatic N) is 1. The number of aromatic nitrogens is 1. The number of hydrogen-bond donors (Lipinski definition) is 2. The molecule has 1 aromatic carbocycles. The minimum atomic E-state index is -0.698. The number of pyridine rings is 1. The molecule has 1 atom stereocenters. The summed E-state index contributed by atoms with van der Waals surface area (Å²) in [7, 11) is 0. The molecule has 0 radical (unpaired) electrons. The van der Waals surface area contributed by atoms with Crippen LogP contribution in [0.15, 0.2) is 42.6 Å². The van der Waals surface area contributed by atoms with Crippen LogP contribution in [0, 0.1) is 13.8 Å². The van der Waals surface area contributed by atoms with Crippen molar-refractivity contribution in [1.82, 2.24) is 4.98 Å². The zero-order valence-corrected chi connectivity index (χ0v) is 10.0. The van der Waals surface area contributed by atoms with Crippen LogP contribution in [0.2, 0.25) is 0 Å². The van der Waals surface area contributed by atoms with Gasteiger partial charge in [-0.25, -0.2) is 0 Å². The molecule has 1 aromatic heterocycles. The lowest BCUT2D eigenvalue weighted by Gasteiger charge is -2.15. The second kappa shape index (κ2) is 4.97. The van der Waals surface area contributed by atoms with Crippen LogP contribution in [0.5, 0.6) is 0 Å². The average Bonchev–Trinajstić information content (AvgIpc) is 2.29. The third-order valence-corrected chi connectivity index (χ3v) is 2.56. The van der Waals surface area contributed by atoms with Gasteiger partial charge in [0.2, 0.25) is 0 Å². The topological polar surface area (TPSA) is 45.1 Å². The smallest absolute Gasteiger partial charge is 0.150 e. The summed E-state index contributed by atoms with van der Waals surface area (Å²) in [6.07, 6.45) is 1.03. The Labute approximate surface area is 101 Å². The van der Waals surface area contributed by atoms with E-state index in [-0.39, 0.29) is 0 Å². The molecule has 1 heterocycles. The van der Waals surface area contributed by atoms with Crippen LogP contribution in [0.3, 0.4) is 0 Å². The van der Waals surface area contributed by atoms with Gasteiger partial charge >= 0.3 is 0 Å². The van der Waals surface area contributed by atoms with Crippen LogP contribution >= 0.6 is 0 Å². The molecular weight excluding hydrogens is 212 g/mol. The summed E-state index contributed by atoms with van der Waals surface area (Å²) in [5.74, 6) is 0. The van der Waals surface area contributed by atoms with Crippen LogP contribution in [-0.2, 0) is 0 Å². The quantitative estimate of drug-likeness (QED) is 0.794. The van der Waals surface area contributed by atoms with E-state index in [1.165, 1.54) is 0 Å². The molecule has 2 N–H and O–H groups in total. The lowest BCUT2D eigenvalue weighted by molar-refractivity contribution is 0.208. The summed E-state index contributed by atoms with van der Waals surface area (Å²) in [5, 5.41) is 13.1. The van der Waals surface area contributed by atoms with Gasteiger partial charge < -0.3 is 10.4 Å². The highest BCUT2D eigenvalue weighted by Gasteiger charge is 2.06. The van der Waals surface area contributed by atoms with Crippen molar-refractivity contribution in [1.29, 1.82) is 0 Å². The third-order valence-electron chi connectivity index (χ3n) is 2.56. The zero-order valence-electron chi connectivity index (χ0n) is 10.0. The lowest BCUT2D eigenvalue weighted by Crippen LogP contribution is -2.09. The summed E-state index contributed by atoms with van der Waals surface area (Å²) in [6.45, 7) is 3.93. The van der Waals surface area contributed by atoms with Crippen molar-refractivity contribution in [2.45, 2.75) is 20.1 Å². The van der Waals surface area contributed by atoms with Crippen LogP contribution in [0.4, 0.5) is 5.69 Å². The van der Waals surface area contributed by atoms with Gasteiger partial charge in [-0.2, -0.15) is 0 Å². The number of aliphatic hydroxyl groups is 1. The predicted molar refractivity (Wildman–Crippen MR) is 68.7 cm³/mol. The molecule has 17 heavy (non-hydrogen) atoms. The number of aliphatic hydroxyl groups excluding tert-OH is 1. The highest BCUT2D eigenvalue weighted by atomic mass is 16.3. The largest absolute Gasteiger partial charge is 0.369 e. The van der Waals surface area contributed by atoms with Gasteiger partial charge in [-0.15, -0.1) is 0 Å². The Morgan fingerprint density at radius 3 is 2.71 bits per heavy atom. The fourth-order valence-electron chi connectivity index (χ4n) is 1.72. The van der Waals surface area contributed by atoms with Gasteiger partial charge in [0.15, 0.2) is 6.23 Å². The molecule has 2 rings (SSSR count). The van der Waals surface area contributed by atoms with Crippen molar-refractivity contribution in [2.75, 3.05) is 5.32 Å². The Morgan fingerprint density at radius 2 is 2.00 bits per heavy atom. The van der Waals surface area contributed by atoms with Crippen LogP contribution in [0.1, 0.15) is 23.0 Å². The molecule has 0 aliphatic rings. The van der Waals surface area contributed by atoms with Crippen molar-refractivity contribution in [3.63, 3.8) is 0 Å². The van der Waals surface area contributed by atoms with Crippen LogP contribution < -0.4 is 5.32 Å². The molecule has 3 nitrogen and oxygen atoms in total. The number of hydrogen-bond acceptors (Lipinski definition) is 3. The molecule has 0 amide bonds. The standard InChI is InChI=1S/C14H16N2O/c1-10-4-3-5-12(8-10)14(17)16-13-6-7-15-11(2)9-13/h3-9,14,17H,1-2H3,(H,15,16). The molecule has 0 fully saturated rings. The first-order valence-electron chi connectivity index (χ1n) is 5.59. The maximum absolute atomic E-state index is 10.1.